The van der Waals surface area contributed by atoms with Gasteiger partial charge in [-0.15, -0.1) is 0 Å². The maximum atomic E-state index is 17.5. The lowest BCUT2D eigenvalue weighted by Crippen LogP contribution is -2.60. The molecule has 6 bridgehead atoms. The summed E-state index contributed by atoms with van der Waals surface area (Å²) >= 11 is 0. The minimum absolute atomic E-state index is 0.0240. The van der Waals surface area contributed by atoms with Gasteiger partial charge in [0.15, 0.2) is 5.82 Å². The zero-order chi connectivity index (χ0) is 40.9. The number of rotatable bonds is 6. The first-order chi connectivity index (χ1) is 28.5. The van der Waals surface area contributed by atoms with Crippen LogP contribution in [0.25, 0.3) is 32.9 Å². The van der Waals surface area contributed by atoms with Crippen molar-refractivity contribution in [2.75, 3.05) is 77.4 Å². The zero-order valence-electron chi connectivity index (χ0n) is 32.6. The van der Waals surface area contributed by atoms with Crippen molar-refractivity contribution in [3.05, 3.63) is 47.7 Å². The Labute approximate surface area is 337 Å². The lowest BCUT2D eigenvalue weighted by atomic mass is 9.90. The molecule has 14 nitrogen and oxygen atoms in total. The number of aryl methyl sites for hydroxylation is 1. The fourth-order valence-electron chi connectivity index (χ4n) is 9.44. The Kier molecular flexibility index (Phi) is 10.5. The molecule has 2 aromatic heterocycles. The van der Waals surface area contributed by atoms with Crippen LogP contribution in [0.3, 0.4) is 0 Å². The third-order valence-corrected chi connectivity index (χ3v) is 12.1. The van der Waals surface area contributed by atoms with Crippen molar-refractivity contribution in [3.63, 3.8) is 0 Å². The van der Waals surface area contributed by atoms with Crippen LogP contribution in [-0.2, 0) is 20.6 Å². The van der Waals surface area contributed by atoms with Crippen molar-refractivity contribution >= 4 is 39.7 Å². The van der Waals surface area contributed by atoms with Crippen molar-refractivity contribution in [2.24, 2.45) is 0 Å². The van der Waals surface area contributed by atoms with Gasteiger partial charge in [-0.1, -0.05) is 6.07 Å². The van der Waals surface area contributed by atoms with Crippen LogP contribution in [0, 0.1) is 11.6 Å². The lowest BCUT2D eigenvalue weighted by molar-refractivity contribution is 0.00158. The first kappa shape index (κ1) is 39.2. The van der Waals surface area contributed by atoms with Crippen LogP contribution >= 0.6 is 0 Å². The molecule has 6 aliphatic heterocycles. The Morgan fingerprint density at radius 1 is 1.02 bits per heavy atom. The Bertz CT molecular complexity index is 2280. The number of carbonyl (C=O) groups excluding carboxylic acids is 2. The quantitative estimate of drug-likeness (QED) is 0.184. The van der Waals surface area contributed by atoms with Gasteiger partial charge in [0, 0.05) is 50.8 Å². The molecule has 10 rings (SSSR count). The molecule has 8 heterocycles. The number of nitrogens with zero attached hydrogens (tertiary/aromatic N) is 6. The van der Waals surface area contributed by atoms with Crippen molar-refractivity contribution < 1.29 is 50.8 Å². The van der Waals surface area contributed by atoms with Crippen LogP contribution in [0.15, 0.2) is 30.5 Å². The number of morpholine rings is 1. The highest BCUT2D eigenvalue weighted by molar-refractivity contribution is 6.02. The van der Waals surface area contributed by atoms with E-state index in [9.17, 15) is 14.0 Å². The topological polar surface area (TPSA) is 141 Å². The van der Waals surface area contributed by atoms with Crippen LogP contribution in [-0.4, -0.2) is 133 Å². The van der Waals surface area contributed by atoms with Gasteiger partial charge in [-0.05, 0) is 73.7 Å². The number of piperidine rings is 1. The molecular formula is C41H45F4N7O7. The molecule has 0 aliphatic carbocycles. The highest BCUT2D eigenvalue weighted by Gasteiger charge is 2.49. The Morgan fingerprint density at radius 2 is 1.85 bits per heavy atom. The molecule has 4 fully saturated rings. The van der Waals surface area contributed by atoms with Gasteiger partial charge in [-0.25, -0.2) is 27.2 Å². The predicted octanol–water partition coefficient (Wildman–Crippen LogP) is 5.86. The molecular weight excluding hydrogens is 778 g/mol. The number of halogens is 4. The molecule has 2 aromatic carbocycles. The summed E-state index contributed by atoms with van der Waals surface area (Å²) in [6.45, 7) is 3.68. The first-order valence-corrected chi connectivity index (χ1v) is 20.1. The predicted molar refractivity (Wildman–Crippen MR) is 206 cm³/mol. The van der Waals surface area contributed by atoms with Crippen molar-refractivity contribution in [1.29, 1.82) is 0 Å². The standard InChI is InChI=1S/C41H45F4N7O7/c1-40-16-25(42)19-51(21-40)36-30-18-46-34(33(45)35(30)47-37(48-36)57-22-41-7-3-8-52(41)20-26(43)17-41)29-15-27(58-23-59-39(54)50-9-12-55-13-10-50)14-24-5-6-31(44)28(32(24)29)4-2-11-56-38(53)49-40/h5-6,14-15,18,25-26H,2-4,7-13,16-17,19-23H2,1H3,(H,49,53)/t25-,26-,40-,41+/m1/s1. The van der Waals surface area contributed by atoms with E-state index in [0.29, 0.717) is 50.0 Å². The second-order valence-corrected chi connectivity index (χ2v) is 16.4. The van der Waals surface area contributed by atoms with E-state index in [-0.39, 0.29) is 97.3 Å². The lowest BCUT2D eigenvalue weighted by Gasteiger charge is -2.42. The van der Waals surface area contributed by atoms with Gasteiger partial charge in [0.05, 0.1) is 42.8 Å². The third-order valence-electron chi connectivity index (χ3n) is 12.1. The molecule has 2 amide bonds. The molecule has 4 saturated heterocycles. The number of amides is 2. The van der Waals surface area contributed by atoms with Crippen molar-refractivity contribution in [3.8, 4) is 23.0 Å². The molecule has 0 spiro atoms. The minimum atomic E-state index is -1.42. The Morgan fingerprint density at radius 3 is 2.69 bits per heavy atom. The number of fused-ring (bicyclic) bond motifs is 7. The number of alkyl halides is 2. The summed E-state index contributed by atoms with van der Waals surface area (Å²) in [5.41, 5.74) is -1.70. The summed E-state index contributed by atoms with van der Waals surface area (Å²) in [6, 6.07) is 5.74. The smallest absolute Gasteiger partial charge is 0.412 e. The molecule has 0 radical (unpaired) electrons. The summed E-state index contributed by atoms with van der Waals surface area (Å²) in [7, 11) is 0. The summed E-state index contributed by atoms with van der Waals surface area (Å²) in [4.78, 5) is 44.8. The number of anilines is 1. The van der Waals surface area contributed by atoms with Gasteiger partial charge < -0.3 is 38.8 Å². The minimum Gasteiger partial charge on any atom is -0.461 e. The van der Waals surface area contributed by atoms with Gasteiger partial charge in [-0.2, -0.15) is 9.97 Å². The molecule has 18 heteroatoms. The number of pyridine rings is 1. The van der Waals surface area contributed by atoms with E-state index in [1.54, 1.807) is 17.9 Å². The number of ether oxygens (including phenoxy) is 5. The number of benzene rings is 2. The van der Waals surface area contributed by atoms with Gasteiger partial charge in [0.1, 0.15) is 47.5 Å². The Hall–Kier alpha value is -5.23. The van der Waals surface area contributed by atoms with Crippen LogP contribution in [0.4, 0.5) is 33.0 Å². The second kappa shape index (κ2) is 15.7. The second-order valence-electron chi connectivity index (χ2n) is 16.4. The molecule has 0 saturated carbocycles. The van der Waals surface area contributed by atoms with E-state index < -0.39 is 54.0 Å². The summed E-state index contributed by atoms with van der Waals surface area (Å²) in [5.74, 6) is -1.14. The highest BCUT2D eigenvalue weighted by Crippen LogP contribution is 2.42. The average Bonchev–Trinajstić information content (AvgIpc) is 3.74. The molecule has 0 unspecified atom stereocenters. The van der Waals surface area contributed by atoms with Crippen molar-refractivity contribution in [1.82, 2.24) is 30.1 Å². The molecule has 1 N–H and O–H groups in total. The van der Waals surface area contributed by atoms with E-state index in [0.717, 1.165) is 13.0 Å². The van der Waals surface area contributed by atoms with Crippen LogP contribution < -0.4 is 19.7 Å². The molecule has 4 atom stereocenters. The normalized spacial score (nSPS) is 26.2. The fourth-order valence-corrected chi connectivity index (χ4v) is 9.44. The monoisotopic (exact) mass is 823 g/mol. The van der Waals surface area contributed by atoms with Crippen LogP contribution in [0.5, 0.6) is 11.8 Å². The largest absolute Gasteiger partial charge is 0.461 e. The van der Waals surface area contributed by atoms with Gasteiger partial charge in [-0.3, -0.25) is 9.88 Å². The molecule has 59 heavy (non-hydrogen) atoms. The Balaban J connectivity index is 1.17. The van der Waals surface area contributed by atoms with Gasteiger partial charge in [0.25, 0.3) is 0 Å². The van der Waals surface area contributed by atoms with Crippen LogP contribution in [0.2, 0.25) is 0 Å². The van der Waals surface area contributed by atoms with Crippen molar-refractivity contribution in [2.45, 2.75) is 68.9 Å². The van der Waals surface area contributed by atoms with E-state index in [1.807, 2.05) is 0 Å². The number of hydrogen-bond acceptors (Lipinski definition) is 12. The summed E-state index contributed by atoms with van der Waals surface area (Å²) < 4.78 is 92.1. The van der Waals surface area contributed by atoms with Gasteiger partial charge >= 0.3 is 18.2 Å². The maximum absolute atomic E-state index is 17.5. The fraction of sp³-hybridized carbons (Fsp3) is 0.537. The highest BCUT2D eigenvalue weighted by atomic mass is 19.1. The number of nitrogens with one attached hydrogen (secondary N) is 1. The average molecular weight is 824 g/mol. The van der Waals surface area contributed by atoms with Gasteiger partial charge in [0.2, 0.25) is 6.79 Å². The van der Waals surface area contributed by atoms with E-state index >= 15 is 13.2 Å². The number of aromatic nitrogens is 3. The summed E-state index contributed by atoms with van der Waals surface area (Å²) in [5, 5.41) is 3.77. The summed E-state index contributed by atoms with van der Waals surface area (Å²) in [6.07, 6.45) is -0.257. The van der Waals surface area contributed by atoms with E-state index in [4.69, 9.17) is 28.7 Å². The third kappa shape index (κ3) is 7.72. The maximum Gasteiger partial charge on any atom is 0.412 e. The van der Waals surface area contributed by atoms with E-state index in [2.05, 4.69) is 20.2 Å². The number of alkyl carbamates (subject to hydrolysis) is 1. The molecule has 4 aromatic rings. The molecule has 314 valence electrons. The molecule has 6 aliphatic rings. The number of hydrogen-bond donors (Lipinski definition) is 1. The number of carbonyl (C=O) groups is 2. The van der Waals surface area contributed by atoms with E-state index in [1.165, 1.54) is 29.3 Å². The first-order valence-electron chi connectivity index (χ1n) is 20.1. The zero-order valence-corrected chi connectivity index (χ0v) is 32.6. The van der Waals surface area contributed by atoms with Crippen LogP contribution in [0.1, 0.15) is 44.6 Å². The SMILES string of the molecule is C[C@@]12C[C@@H](F)CN(C1)c1nc(OC[C@@]34CCCN3C[C@H](F)C4)nc3c(F)c(ncc13)-c1cc(OCOC(=O)N3CCOCC3)cc3ccc(F)c(c13)CCCOC(=O)N2.